The molecule has 0 saturated carbocycles. The van der Waals surface area contributed by atoms with Crippen molar-refractivity contribution in [2.45, 2.75) is 24.7 Å². The van der Waals surface area contributed by atoms with Crippen molar-refractivity contribution in [1.82, 2.24) is 14.5 Å². The van der Waals surface area contributed by atoms with Gasteiger partial charge in [0.25, 0.3) is 10.0 Å². The number of rotatable bonds is 3. The standard InChI is InChI=1S/C12H13N3O3S/c16-8-11-5-13-14-12(11)19(17,18)15-6-9-3-1-2-4-10(9)7-15/h1-5,16H,6-8H2,(H,13,14). The second kappa shape index (κ2) is 4.44. The van der Waals surface area contributed by atoms with E-state index in [1.807, 2.05) is 24.3 Å². The van der Waals surface area contributed by atoms with Crippen LogP contribution in [0.25, 0.3) is 0 Å². The Hall–Kier alpha value is -1.70. The molecule has 0 unspecified atom stereocenters. The summed E-state index contributed by atoms with van der Waals surface area (Å²) in [7, 11) is -3.65. The van der Waals surface area contributed by atoms with Crippen molar-refractivity contribution < 1.29 is 13.5 Å². The third-order valence-electron chi connectivity index (χ3n) is 3.26. The lowest BCUT2D eigenvalue weighted by Gasteiger charge is -2.14. The molecule has 100 valence electrons. The zero-order valence-electron chi connectivity index (χ0n) is 10.1. The second-order valence-electron chi connectivity index (χ2n) is 4.42. The maximum Gasteiger partial charge on any atom is 0.260 e. The molecular formula is C12H13N3O3S. The van der Waals surface area contributed by atoms with Crippen LogP contribution in [0.1, 0.15) is 16.7 Å². The molecule has 1 aromatic heterocycles. The first-order chi connectivity index (χ1) is 9.13. The number of nitrogens with zero attached hydrogens (tertiary/aromatic N) is 2. The largest absolute Gasteiger partial charge is 0.392 e. The molecule has 0 amide bonds. The topological polar surface area (TPSA) is 86.3 Å². The molecule has 0 spiro atoms. The van der Waals surface area contributed by atoms with E-state index in [4.69, 9.17) is 5.11 Å². The molecule has 0 aliphatic carbocycles. The normalized spacial score (nSPS) is 15.6. The van der Waals surface area contributed by atoms with Gasteiger partial charge in [-0.15, -0.1) is 0 Å². The van der Waals surface area contributed by atoms with E-state index in [2.05, 4.69) is 10.2 Å². The van der Waals surface area contributed by atoms with Crippen molar-refractivity contribution in [2.24, 2.45) is 0 Å². The lowest BCUT2D eigenvalue weighted by molar-refractivity contribution is 0.278. The van der Waals surface area contributed by atoms with Crippen LogP contribution < -0.4 is 0 Å². The number of H-pyrrole nitrogens is 1. The van der Waals surface area contributed by atoms with Gasteiger partial charge in [-0.1, -0.05) is 24.3 Å². The lowest BCUT2D eigenvalue weighted by atomic mass is 10.1. The van der Waals surface area contributed by atoms with Crippen molar-refractivity contribution in [3.8, 4) is 0 Å². The summed E-state index contributed by atoms with van der Waals surface area (Å²) < 4.78 is 26.4. The van der Waals surface area contributed by atoms with Gasteiger partial charge in [0.15, 0.2) is 5.03 Å². The van der Waals surface area contributed by atoms with Gasteiger partial charge in [0.2, 0.25) is 0 Å². The Bertz CT molecular complexity index is 684. The minimum Gasteiger partial charge on any atom is -0.392 e. The maximum absolute atomic E-state index is 12.5. The molecule has 1 aliphatic heterocycles. The summed E-state index contributed by atoms with van der Waals surface area (Å²) in [5, 5.41) is 15.3. The maximum atomic E-state index is 12.5. The van der Waals surface area contributed by atoms with Crippen LogP contribution in [-0.2, 0) is 29.7 Å². The van der Waals surface area contributed by atoms with Crippen molar-refractivity contribution in [2.75, 3.05) is 0 Å². The van der Waals surface area contributed by atoms with Crippen LogP contribution in [0.15, 0.2) is 35.5 Å². The fraction of sp³-hybridized carbons (Fsp3) is 0.250. The average molecular weight is 279 g/mol. The minimum absolute atomic E-state index is 0.0252. The van der Waals surface area contributed by atoms with Gasteiger partial charge in [0, 0.05) is 18.7 Å². The molecule has 0 atom stereocenters. The van der Waals surface area contributed by atoms with Crippen LogP contribution >= 0.6 is 0 Å². The van der Waals surface area contributed by atoms with Crippen molar-refractivity contribution in [3.05, 3.63) is 47.2 Å². The molecule has 6 nitrogen and oxygen atoms in total. The van der Waals surface area contributed by atoms with Gasteiger partial charge in [0.1, 0.15) is 0 Å². The van der Waals surface area contributed by atoms with Crippen molar-refractivity contribution in [1.29, 1.82) is 0 Å². The summed E-state index contributed by atoms with van der Waals surface area (Å²) in [6, 6.07) is 7.63. The smallest absolute Gasteiger partial charge is 0.260 e. The van der Waals surface area contributed by atoms with E-state index in [9.17, 15) is 8.42 Å². The number of nitrogens with one attached hydrogen (secondary N) is 1. The molecule has 7 heteroatoms. The third-order valence-corrected chi connectivity index (χ3v) is 5.07. The summed E-state index contributed by atoms with van der Waals surface area (Å²) >= 11 is 0. The molecule has 0 saturated heterocycles. The number of aromatic amines is 1. The fourth-order valence-electron chi connectivity index (χ4n) is 2.24. The highest BCUT2D eigenvalue weighted by molar-refractivity contribution is 7.89. The quantitative estimate of drug-likeness (QED) is 0.861. The van der Waals surface area contributed by atoms with Gasteiger partial charge in [-0.25, -0.2) is 8.42 Å². The first-order valence-electron chi connectivity index (χ1n) is 5.83. The monoisotopic (exact) mass is 279 g/mol. The van der Waals surface area contributed by atoms with Crippen LogP contribution in [-0.4, -0.2) is 28.0 Å². The van der Waals surface area contributed by atoms with Gasteiger partial charge in [-0.05, 0) is 11.1 Å². The van der Waals surface area contributed by atoms with E-state index in [1.54, 1.807) is 0 Å². The highest BCUT2D eigenvalue weighted by Crippen LogP contribution is 2.28. The summed E-state index contributed by atoms with van der Waals surface area (Å²) in [6.07, 6.45) is 1.33. The van der Waals surface area contributed by atoms with Gasteiger partial charge in [-0.2, -0.15) is 9.40 Å². The third kappa shape index (κ3) is 1.95. The predicted octanol–water partition coefficient (Wildman–Crippen LogP) is 0.606. The van der Waals surface area contributed by atoms with E-state index in [0.29, 0.717) is 13.1 Å². The molecule has 2 aromatic rings. The number of sulfonamides is 1. The van der Waals surface area contributed by atoms with Crippen molar-refractivity contribution in [3.63, 3.8) is 0 Å². The van der Waals surface area contributed by atoms with Gasteiger partial charge in [-0.3, -0.25) is 5.10 Å². The summed E-state index contributed by atoms with van der Waals surface area (Å²) in [5.74, 6) is 0. The van der Waals surface area contributed by atoms with Crippen LogP contribution in [0, 0.1) is 0 Å². The van der Waals surface area contributed by atoms with Crippen LogP contribution in [0.5, 0.6) is 0 Å². The van der Waals surface area contributed by atoms with E-state index < -0.39 is 10.0 Å². The molecule has 0 bridgehead atoms. The summed E-state index contributed by atoms with van der Waals surface area (Å²) in [6.45, 7) is 0.344. The zero-order chi connectivity index (χ0) is 13.5. The molecule has 3 rings (SSSR count). The summed E-state index contributed by atoms with van der Waals surface area (Å²) in [4.78, 5) is 0. The SMILES string of the molecule is O=S(=O)(c1[nH]ncc1CO)N1Cc2ccccc2C1. The number of hydrogen-bond donors (Lipinski definition) is 2. The number of benzene rings is 1. The molecular weight excluding hydrogens is 266 g/mol. The van der Waals surface area contributed by atoms with Gasteiger partial charge in [0.05, 0.1) is 12.8 Å². The minimum atomic E-state index is -3.65. The molecule has 1 aromatic carbocycles. The highest BCUT2D eigenvalue weighted by Gasteiger charge is 2.32. The fourth-order valence-corrected chi connectivity index (χ4v) is 3.73. The predicted molar refractivity (Wildman–Crippen MR) is 67.4 cm³/mol. The van der Waals surface area contributed by atoms with Gasteiger partial charge < -0.3 is 5.11 Å². The molecule has 1 aliphatic rings. The Balaban J connectivity index is 1.96. The number of fused-ring (bicyclic) bond motifs is 1. The molecule has 2 heterocycles. The number of aromatic nitrogens is 2. The van der Waals surface area contributed by atoms with E-state index in [0.717, 1.165) is 11.1 Å². The second-order valence-corrected chi connectivity index (χ2v) is 6.30. The molecule has 2 N–H and O–H groups in total. The summed E-state index contributed by atoms with van der Waals surface area (Å²) in [5.41, 5.74) is 2.31. The highest BCUT2D eigenvalue weighted by atomic mass is 32.2. The molecule has 0 fully saturated rings. The Labute approximate surface area is 110 Å². The molecule has 19 heavy (non-hydrogen) atoms. The number of aliphatic hydroxyl groups is 1. The number of hydrogen-bond acceptors (Lipinski definition) is 4. The van der Waals surface area contributed by atoms with E-state index in [1.165, 1.54) is 10.5 Å². The van der Waals surface area contributed by atoms with Crippen LogP contribution in [0.3, 0.4) is 0 Å². The Morgan fingerprint density at radius 3 is 2.47 bits per heavy atom. The van der Waals surface area contributed by atoms with E-state index in [-0.39, 0.29) is 17.2 Å². The average Bonchev–Trinajstić information content (AvgIpc) is 3.05. The lowest BCUT2D eigenvalue weighted by Crippen LogP contribution is -2.26. The first-order valence-corrected chi connectivity index (χ1v) is 7.27. The zero-order valence-corrected chi connectivity index (χ0v) is 10.9. The molecule has 0 radical (unpaired) electrons. The Morgan fingerprint density at radius 1 is 1.26 bits per heavy atom. The van der Waals surface area contributed by atoms with Crippen LogP contribution in [0.2, 0.25) is 0 Å². The van der Waals surface area contributed by atoms with Gasteiger partial charge >= 0.3 is 0 Å². The first kappa shape index (κ1) is 12.3. The van der Waals surface area contributed by atoms with E-state index >= 15 is 0 Å². The number of aliphatic hydroxyl groups excluding tert-OH is 1. The van der Waals surface area contributed by atoms with Crippen LogP contribution in [0.4, 0.5) is 0 Å². The van der Waals surface area contributed by atoms with Crippen molar-refractivity contribution >= 4 is 10.0 Å². The Kier molecular flexibility index (Phi) is 2.89. The Morgan fingerprint density at radius 2 is 1.89 bits per heavy atom.